The van der Waals surface area contributed by atoms with Crippen molar-refractivity contribution in [3.63, 3.8) is 0 Å². The van der Waals surface area contributed by atoms with Crippen molar-refractivity contribution in [1.82, 2.24) is 4.90 Å². The molecule has 6 heteroatoms. The number of ether oxygens (including phenoxy) is 1. The Morgan fingerprint density at radius 2 is 0.661 bits per heavy atom. The maximum atomic E-state index is 5.48. The van der Waals surface area contributed by atoms with E-state index in [-0.39, 0.29) is 25.5 Å². The normalized spacial score (nSPS) is 16.3. The molecule has 1 aliphatic carbocycles. The molecule has 7 aromatic rings. The van der Waals surface area contributed by atoms with Crippen molar-refractivity contribution in [3.05, 3.63) is 250 Å². The van der Waals surface area contributed by atoms with Crippen molar-refractivity contribution < 1.29 is 24.2 Å². The predicted molar refractivity (Wildman–Crippen MR) is 252 cm³/mol. The summed E-state index contributed by atoms with van der Waals surface area (Å²) in [5, 5.41) is 8.39. The van der Waals surface area contributed by atoms with E-state index in [0.717, 1.165) is 5.56 Å². The molecule has 0 N–H and O–H groups in total. The van der Waals surface area contributed by atoms with Gasteiger partial charge in [0.25, 0.3) is 0 Å². The van der Waals surface area contributed by atoms with E-state index in [0.29, 0.717) is 0 Å². The molecule has 0 aromatic heterocycles. The smallest absolute Gasteiger partial charge is 0.659 e. The Morgan fingerprint density at radius 1 is 0.424 bits per heavy atom. The number of hydrogen-bond acceptors (Lipinski definition) is 3. The second kappa shape index (κ2) is 24.5. The topological polar surface area (TPSA) is 24.8 Å². The second-order valence-electron chi connectivity index (χ2n) is 13.7. The molecular weight excluding hydrogens is 844 g/mol. The van der Waals surface area contributed by atoms with Gasteiger partial charge in [0.15, 0.2) is 0 Å². The van der Waals surface area contributed by atoms with Crippen LogP contribution in [0.5, 0.6) is 0 Å². The minimum Gasteiger partial charge on any atom is -0.659 e. The largest absolute Gasteiger partial charge is 2.00 e. The van der Waals surface area contributed by atoms with E-state index in [1.54, 1.807) is 0 Å². The molecule has 3 nitrogen and oxygen atoms in total. The van der Waals surface area contributed by atoms with E-state index in [2.05, 4.69) is 206 Å². The Kier molecular flexibility index (Phi) is 18.9. The summed E-state index contributed by atoms with van der Waals surface area (Å²) in [7, 11) is 3.08. The first-order valence-electron chi connectivity index (χ1n) is 19.5. The van der Waals surface area contributed by atoms with Gasteiger partial charge >= 0.3 is 19.5 Å². The maximum Gasteiger partial charge on any atom is 2.00 e. The van der Waals surface area contributed by atoms with Crippen LogP contribution in [0.4, 0.5) is 0 Å². The van der Waals surface area contributed by atoms with Gasteiger partial charge in [0, 0.05) is 0 Å². The van der Waals surface area contributed by atoms with Crippen molar-refractivity contribution in [1.29, 1.82) is 0 Å². The van der Waals surface area contributed by atoms with E-state index >= 15 is 0 Å². The zero-order valence-corrected chi connectivity index (χ0v) is 37.2. The molecule has 295 valence electrons. The van der Waals surface area contributed by atoms with Crippen LogP contribution in [0, 0.1) is 32.1 Å². The fraction of sp³-hybridized carbons (Fsp3) is 0.0943. The first kappa shape index (κ1) is 45.5. The molecule has 2 atom stereocenters. The standard InChI is InChI=1S/2C18H15P.C12H15N2O.C5H5.Ru/c2*1-4-10-16(11-5-1)19(17-12-6-2-7-13-17)18-14-8-3-9-15-18;1-12(14(2)3)11(13-9-15-12)10-7-5-4-6-8-10;1-2-4-5-3-1;/h2*1-15H;4-8,11H,1-3H3;1-5H;/q;;-1;;+2. The molecule has 1 fully saturated rings. The van der Waals surface area contributed by atoms with Crippen molar-refractivity contribution in [2.75, 3.05) is 14.1 Å². The average molecular weight is 894 g/mol. The van der Waals surface area contributed by atoms with Crippen LogP contribution in [-0.2, 0) is 24.2 Å². The number of benzene rings is 7. The van der Waals surface area contributed by atoms with E-state index in [9.17, 15) is 0 Å². The monoisotopic (exact) mass is 894 g/mol. The Bertz CT molecular complexity index is 1860. The van der Waals surface area contributed by atoms with Crippen LogP contribution in [0.3, 0.4) is 0 Å². The Morgan fingerprint density at radius 3 is 0.898 bits per heavy atom. The molecule has 59 heavy (non-hydrogen) atoms. The molecule has 5 radical (unpaired) electrons. The van der Waals surface area contributed by atoms with Gasteiger partial charge in [-0.25, -0.2) is 6.40 Å². The molecular formula is C53H50N2OP2Ru+. The van der Waals surface area contributed by atoms with Gasteiger partial charge in [0.1, 0.15) is 5.72 Å². The number of likely N-dealkylation sites (N-methyl/N-ethyl adjacent to an activating group) is 1. The molecule has 1 aliphatic heterocycles. The number of nitrogens with zero attached hydrogens (tertiary/aromatic N) is 2. The molecule has 2 aliphatic rings. The second-order valence-corrected chi connectivity index (χ2v) is 18.2. The molecule has 0 saturated heterocycles. The molecule has 2 unspecified atom stereocenters. The summed E-state index contributed by atoms with van der Waals surface area (Å²) in [4.78, 5) is 6.29. The molecule has 1 saturated carbocycles. The summed E-state index contributed by atoms with van der Waals surface area (Å²) in [6, 6.07) is 74.8. The van der Waals surface area contributed by atoms with Crippen LogP contribution >= 0.6 is 15.8 Å². The molecule has 0 spiro atoms. The molecule has 9 rings (SSSR count). The predicted octanol–water partition coefficient (Wildman–Crippen LogP) is 9.85. The summed E-state index contributed by atoms with van der Waals surface area (Å²) >= 11 is 0. The van der Waals surface area contributed by atoms with Gasteiger partial charge in [-0.2, -0.15) is 0 Å². The van der Waals surface area contributed by atoms with E-state index in [4.69, 9.17) is 4.74 Å². The number of hydrogen-bond donors (Lipinski definition) is 0. The van der Waals surface area contributed by atoms with Crippen molar-refractivity contribution in [2.45, 2.75) is 18.7 Å². The molecule has 0 amide bonds. The maximum absolute atomic E-state index is 5.48. The average Bonchev–Trinajstić information content (AvgIpc) is 4.02. The Hall–Kier alpha value is -4.55. The van der Waals surface area contributed by atoms with Gasteiger partial charge in [-0.05, 0) is 106 Å². The fourth-order valence-corrected chi connectivity index (χ4v) is 11.0. The zero-order chi connectivity index (χ0) is 40.3. The molecule has 7 aromatic carbocycles. The van der Waals surface area contributed by atoms with Crippen LogP contribution in [0.1, 0.15) is 18.5 Å². The van der Waals surface area contributed by atoms with E-state index in [1.807, 2.05) is 76.2 Å². The van der Waals surface area contributed by atoms with Crippen LogP contribution in [-0.4, -0.2) is 31.1 Å². The fourth-order valence-electron chi connectivity index (χ4n) is 6.38. The third kappa shape index (κ3) is 13.2. The first-order valence-corrected chi connectivity index (χ1v) is 22.2. The van der Waals surface area contributed by atoms with Gasteiger partial charge in [-0.3, -0.25) is 4.90 Å². The summed E-state index contributed by atoms with van der Waals surface area (Å²) in [6.07, 6.45) is 12.6. The SMILES string of the molecule is CN(C)C1(C)O[C-]=NC1c1ccccc1.[CH]1[CH][CH][CH][CH]1.[Ru+2].c1ccc(P(c2ccccc2)c2ccccc2)cc1.c1ccc(P(c2ccccc2)c2ccccc2)cc1. The molecule has 0 bridgehead atoms. The summed E-state index contributed by atoms with van der Waals surface area (Å²) in [6.45, 7) is 2.02. The Balaban J connectivity index is 0.000000158. The number of aliphatic imine (C=N–C) groups is 1. The number of rotatable bonds is 8. The first-order chi connectivity index (χ1) is 28.5. The minimum absolute atomic E-state index is 0. The summed E-state index contributed by atoms with van der Waals surface area (Å²) < 4.78 is 5.48. The van der Waals surface area contributed by atoms with Gasteiger partial charge < -0.3 is 9.73 Å². The van der Waals surface area contributed by atoms with Crippen LogP contribution in [0.2, 0.25) is 0 Å². The summed E-state index contributed by atoms with van der Waals surface area (Å²) in [5.41, 5.74) is 0.722. The van der Waals surface area contributed by atoms with E-state index in [1.165, 1.54) is 31.8 Å². The van der Waals surface area contributed by atoms with Crippen molar-refractivity contribution in [3.8, 4) is 0 Å². The van der Waals surface area contributed by atoms with Crippen LogP contribution < -0.4 is 31.8 Å². The minimum atomic E-state index is -0.446. The zero-order valence-electron chi connectivity index (χ0n) is 33.7. The van der Waals surface area contributed by atoms with Gasteiger partial charge in [0.05, 0.1) is 6.04 Å². The third-order valence-corrected chi connectivity index (χ3v) is 14.5. The van der Waals surface area contributed by atoms with Gasteiger partial charge in [-0.15, -0.1) is 0 Å². The summed E-state index contributed by atoms with van der Waals surface area (Å²) in [5.74, 6) is 0. The molecule has 1 heterocycles. The van der Waals surface area contributed by atoms with Crippen molar-refractivity contribution >= 4 is 54.1 Å². The quantitative estimate of drug-likeness (QED) is 0.0863. The van der Waals surface area contributed by atoms with Crippen molar-refractivity contribution in [2.24, 2.45) is 4.99 Å². The van der Waals surface area contributed by atoms with Gasteiger partial charge in [-0.1, -0.05) is 212 Å². The Labute approximate surface area is 368 Å². The van der Waals surface area contributed by atoms with Crippen LogP contribution in [0.25, 0.3) is 0 Å². The third-order valence-electron chi connectivity index (χ3n) is 9.59. The van der Waals surface area contributed by atoms with E-state index < -0.39 is 21.6 Å². The van der Waals surface area contributed by atoms with Crippen LogP contribution in [0.15, 0.2) is 217 Å². The van der Waals surface area contributed by atoms with Gasteiger partial charge in [0.2, 0.25) is 0 Å².